The van der Waals surface area contributed by atoms with Crippen molar-refractivity contribution in [1.29, 1.82) is 0 Å². The first kappa shape index (κ1) is 14.9. The normalized spacial score (nSPS) is 10.5. The van der Waals surface area contributed by atoms with Crippen molar-refractivity contribution in [1.82, 2.24) is 20.3 Å². The van der Waals surface area contributed by atoms with Gasteiger partial charge in [0.15, 0.2) is 0 Å². The second-order valence-electron chi connectivity index (χ2n) is 5.00. The summed E-state index contributed by atoms with van der Waals surface area (Å²) in [5.74, 6) is -0.160. The smallest absolute Gasteiger partial charge is 0.251 e. The Hall–Kier alpha value is -3.02. The first-order valence-electron chi connectivity index (χ1n) is 7.16. The number of nitrogens with one attached hydrogen (secondary N) is 1. The minimum atomic E-state index is -0.492. The summed E-state index contributed by atoms with van der Waals surface area (Å²) in [6, 6.07) is 15.9. The fourth-order valence-electron chi connectivity index (χ4n) is 2.11. The number of aromatic nitrogens is 3. The van der Waals surface area contributed by atoms with E-state index in [1.54, 1.807) is 47.3 Å². The monoisotopic (exact) mass is 310 g/mol. The molecule has 0 aliphatic rings. The number of rotatable bonds is 5. The standard InChI is InChI=1S/C17H15FN4O/c18-10-13-6-8-16(9-7-13)22-12-15(20-21-22)11-19-17(23)14-4-2-1-3-5-14/h1-9,12H,10-11H2,(H,19,23). The van der Waals surface area contributed by atoms with Gasteiger partial charge in [-0.1, -0.05) is 35.5 Å². The molecule has 0 bridgehead atoms. The summed E-state index contributed by atoms with van der Waals surface area (Å²) in [5.41, 5.74) is 2.64. The molecule has 0 saturated heterocycles. The lowest BCUT2D eigenvalue weighted by Gasteiger charge is -2.02. The molecule has 5 nitrogen and oxygen atoms in total. The van der Waals surface area contributed by atoms with Crippen LogP contribution in [0.4, 0.5) is 4.39 Å². The van der Waals surface area contributed by atoms with Crippen LogP contribution in [-0.2, 0) is 13.2 Å². The molecule has 0 aliphatic carbocycles. The Bertz CT molecular complexity index is 784. The minimum absolute atomic E-state index is 0.160. The van der Waals surface area contributed by atoms with Crippen molar-refractivity contribution < 1.29 is 9.18 Å². The molecule has 0 radical (unpaired) electrons. The van der Waals surface area contributed by atoms with Crippen molar-refractivity contribution in [2.24, 2.45) is 0 Å². The maximum absolute atomic E-state index is 12.5. The molecule has 0 aliphatic heterocycles. The van der Waals surface area contributed by atoms with Gasteiger partial charge in [-0.05, 0) is 29.8 Å². The van der Waals surface area contributed by atoms with Gasteiger partial charge in [0.25, 0.3) is 5.91 Å². The molecular weight excluding hydrogens is 295 g/mol. The molecule has 23 heavy (non-hydrogen) atoms. The van der Waals surface area contributed by atoms with E-state index in [1.807, 2.05) is 18.2 Å². The highest BCUT2D eigenvalue weighted by atomic mass is 19.1. The van der Waals surface area contributed by atoms with Crippen molar-refractivity contribution in [3.8, 4) is 5.69 Å². The Balaban J connectivity index is 1.64. The van der Waals surface area contributed by atoms with Crippen LogP contribution in [0.1, 0.15) is 21.6 Å². The first-order chi connectivity index (χ1) is 11.3. The molecule has 6 heteroatoms. The topological polar surface area (TPSA) is 59.8 Å². The quantitative estimate of drug-likeness (QED) is 0.788. The Labute approximate surface area is 132 Å². The van der Waals surface area contributed by atoms with Gasteiger partial charge >= 0.3 is 0 Å². The lowest BCUT2D eigenvalue weighted by Crippen LogP contribution is -2.22. The summed E-state index contributed by atoms with van der Waals surface area (Å²) in [5, 5.41) is 10.8. The Morgan fingerprint density at radius 1 is 1.09 bits per heavy atom. The molecule has 3 rings (SSSR count). The number of carbonyl (C=O) groups is 1. The van der Waals surface area contributed by atoms with Crippen LogP contribution in [0.15, 0.2) is 60.8 Å². The molecule has 0 saturated carbocycles. The number of hydrogen-bond donors (Lipinski definition) is 1. The van der Waals surface area contributed by atoms with Gasteiger partial charge in [-0.25, -0.2) is 9.07 Å². The summed E-state index contributed by atoms with van der Waals surface area (Å²) in [6.07, 6.45) is 1.73. The zero-order chi connectivity index (χ0) is 16.1. The average Bonchev–Trinajstić information content (AvgIpc) is 3.09. The van der Waals surface area contributed by atoms with E-state index in [1.165, 1.54) is 0 Å². The van der Waals surface area contributed by atoms with Crippen LogP contribution in [0.3, 0.4) is 0 Å². The highest BCUT2D eigenvalue weighted by Gasteiger charge is 2.07. The minimum Gasteiger partial charge on any atom is -0.346 e. The zero-order valence-electron chi connectivity index (χ0n) is 12.3. The molecule has 1 aromatic heterocycles. The number of nitrogens with zero attached hydrogens (tertiary/aromatic N) is 3. The van der Waals surface area contributed by atoms with Crippen LogP contribution < -0.4 is 5.32 Å². The highest BCUT2D eigenvalue weighted by molar-refractivity contribution is 5.94. The molecule has 1 N–H and O–H groups in total. The number of carbonyl (C=O) groups excluding carboxylic acids is 1. The van der Waals surface area contributed by atoms with E-state index in [4.69, 9.17) is 0 Å². The third-order valence-corrected chi connectivity index (χ3v) is 3.36. The third-order valence-electron chi connectivity index (χ3n) is 3.36. The molecule has 1 amide bonds. The number of hydrogen-bond acceptors (Lipinski definition) is 3. The lowest BCUT2D eigenvalue weighted by molar-refractivity contribution is 0.0950. The highest BCUT2D eigenvalue weighted by Crippen LogP contribution is 2.10. The molecule has 1 heterocycles. The lowest BCUT2D eigenvalue weighted by atomic mass is 10.2. The summed E-state index contributed by atoms with van der Waals surface area (Å²) < 4.78 is 14.1. The Morgan fingerprint density at radius 2 is 1.83 bits per heavy atom. The van der Waals surface area contributed by atoms with E-state index in [0.29, 0.717) is 16.8 Å². The SMILES string of the molecule is O=C(NCc1cn(-c2ccc(CF)cc2)nn1)c1ccccc1. The van der Waals surface area contributed by atoms with Crippen molar-refractivity contribution in [3.63, 3.8) is 0 Å². The number of benzene rings is 2. The van der Waals surface area contributed by atoms with E-state index < -0.39 is 6.67 Å². The van der Waals surface area contributed by atoms with E-state index in [2.05, 4.69) is 15.6 Å². The van der Waals surface area contributed by atoms with Gasteiger partial charge in [0.2, 0.25) is 0 Å². The van der Waals surface area contributed by atoms with Gasteiger partial charge in [0, 0.05) is 5.56 Å². The second-order valence-corrected chi connectivity index (χ2v) is 5.00. The number of amides is 1. The second kappa shape index (κ2) is 6.83. The van der Waals surface area contributed by atoms with Crippen LogP contribution in [0.25, 0.3) is 5.69 Å². The predicted molar refractivity (Wildman–Crippen MR) is 83.8 cm³/mol. The predicted octanol–water partition coefficient (Wildman–Crippen LogP) is 2.67. The van der Waals surface area contributed by atoms with Gasteiger partial charge in [-0.3, -0.25) is 4.79 Å². The fraction of sp³-hybridized carbons (Fsp3) is 0.118. The summed E-state index contributed by atoms with van der Waals surface area (Å²) in [6.45, 7) is -0.204. The largest absolute Gasteiger partial charge is 0.346 e. The van der Waals surface area contributed by atoms with Crippen molar-refractivity contribution in [2.45, 2.75) is 13.2 Å². The van der Waals surface area contributed by atoms with Crippen molar-refractivity contribution in [3.05, 3.63) is 77.6 Å². The summed E-state index contributed by atoms with van der Waals surface area (Å²) in [4.78, 5) is 12.0. The average molecular weight is 310 g/mol. The van der Waals surface area contributed by atoms with Crippen LogP contribution in [0.2, 0.25) is 0 Å². The zero-order valence-corrected chi connectivity index (χ0v) is 12.3. The number of halogens is 1. The van der Waals surface area contributed by atoms with Crippen molar-refractivity contribution in [2.75, 3.05) is 0 Å². The molecule has 0 spiro atoms. The first-order valence-corrected chi connectivity index (χ1v) is 7.16. The molecule has 2 aromatic carbocycles. The molecule has 3 aromatic rings. The van der Waals surface area contributed by atoms with E-state index in [-0.39, 0.29) is 12.5 Å². The molecular formula is C17H15FN4O. The summed E-state index contributed by atoms with van der Waals surface area (Å²) >= 11 is 0. The Kier molecular flexibility index (Phi) is 4.42. The Morgan fingerprint density at radius 3 is 2.52 bits per heavy atom. The fourth-order valence-corrected chi connectivity index (χ4v) is 2.11. The summed E-state index contributed by atoms with van der Waals surface area (Å²) in [7, 11) is 0. The van der Waals surface area contributed by atoms with Crippen LogP contribution in [-0.4, -0.2) is 20.9 Å². The maximum Gasteiger partial charge on any atom is 0.251 e. The van der Waals surface area contributed by atoms with Gasteiger partial charge in [0.1, 0.15) is 12.4 Å². The molecule has 116 valence electrons. The molecule has 0 unspecified atom stereocenters. The van der Waals surface area contributed by atoms with Gasteiger partial charge in [-0.15, -0.1) is 5.10 Å². The number of alkyl halides is 1. The van der Waals surface area contributed by atoms with Gasteiger partial charge < -0.3 is 5.32 Å². The van der Waals surface area contributed by atoms with E-state index in [0.717, 1.165) is 5.69 Å². The van der Waals surface area contributed by atoms with Gasteiger partial charge in [0.05, 0.1) is 18.4 Å². The molecule has 0 atom stereocenters. The van der Waals surface area contributed by atoms with Crippen LogP contribution >= 0.6 is 0 Å². The van der Waals surface area contributed by atoms with E-state index in [9.17, 15) is 9.18 Å². The van der Waals surface area contributed by atoms with Crippen LogP contribution in [0.5, 0.6) is 0 Å². The van der Waals surface area contributed by atoms with E-state index >= 15 is 0 Å². The van der Waals surface area contributed by atoms with Crippen molar-refractivity contribution >= 4 is 5.91 Å². The third kappa shape index (κ3) is 3.60. The van der Waals surface area contributed by atoms with Crippen LogP contribution in [0, 0.1) is 0 Å². The van der Waals surface area contributed by atoms with Gasteiger partial charge in [-0.2, -0.15) is 0 Å². The molecule has 0 fully saturated rings. The maximum atomic E-state index is 12.5.